The molecule has 1 aromatic rings. The Bertz CT molecular complexity index is 533. The number of aliphatic hydroxyl groups excluding tert-OH is 1. The summed E-state index contributed by atoms with van der Waals surface area (Å²) in [6.45, 7) is 4.70. The Morgan fingerprint density at radius 1 is 1.30 bits per heavy atom. The molecule has 1 saturated carbocycles. The van der Waals surface area contributed by atoms with Gasteiger partial charge in [0, 0.05) is 6.04 Å². The van der Waals surface area contributed by atoms with Crippen LogP contribution in [0, 0.1) is 5.92 Å². The van der Waals surface area contributed by atoms with Crippen LogP contribution in [0.3, 0.4) is 0 Å². The second-order valence-corrected chi connectivity index (χ2v) is 7.33. The fraction of sp³-hybridized carbons (Fsp3) is 0.571. The second kappa shape index (κ2) is 6.11. The molecule has 2 N–H and O–H groups in total. The first-order valence-electron chi connectivity index (χ1n) is 6.80. The van der Waals surface area contributed by atoms with E-state index in [0.717, 1.165) is 0 Å². The van der Waals surface area contributed by atoms with Gasteiger partial charge in [0.2, 0.25) is 10.0 Å². The molecule has 1 fully saturated rings. The fourth-order valence-electron chi connectivity index (χ4n) is 1.95. The molecule has 0 amide bonds. The van der Waals surface area contributed by atoms with Gasteiger partial charge >= 0.3 is 0 Å². The van der Waals surface area contributed by atoms with Gasteiger partial charge in [0.15, 0.2) is 0 Å². The molecule has 1 aliphatic carbocycles. The van der Waals surface area contributed by atoms with Crippen molar-refractivity contribution >= 4 is 10.0 Å². The van der Waals surface area contributed by atoms with Gasteiger partial charge in [0.25, 0.3) is 0 Å². The zero-order valence-corrected chi connectivity index (χ0v) is 12.6. The molecule has 0 aromatic heterocycles. The second-order valence-electron chi connectivity index (χ2n) is 5.62. The maximum absolute atomic E-state index is 12.1. The summed E-state index contributed by atoms with van der Waals surface area (Å²) in [7, 11) is -3.51. The molecule has 2 rings (SSSR count). The molecule has 1 aromatic carbocycles. The van der Waals surface area contributed by atoms with Crippen molar-refractivity contribution in [3.8, 4) is 5.75 Å². The van der Waals surface area contributed by atoms with Crippen LogP contribution in [0.4, 0.5) is 0 Å². The van der Waals surface area contributed by atoms with Crippen LogP contribution in [0.2, 0.25) is 0 Å². The molecule has 0 atom stereocenters. The van der Waals surface area contributed by atoms with E-state index < -0.39 is 10.0 Å². The minimum absolute atomic E-state index is 0.160. The van der Waals surface area contributed by atoms with E-state index in [2.05, 4.69) is 18.6 Å². The molecule has 6 heteroatoms. The highest BCUT2D eigenvalue weighted by molar-refractivity contribution is 7.89. The van der Waals surface area contributed by atoms with E-state index in [4.69, 9.17) is 4.74 Å². The Labute approximate surface area is 120 Å². The Morgan fingerprint density at radius 3 is 2.40 bits per heavy atom. The molecule has 0 unspecified atom stereocenters. The van der Waals surface area contributed by atoms with Crippen molar-refractivity contribution in [1.29, 1.82) is 0 Å². The number of benzene rings is 1. The Hall–Kier alpha value is -1.11. The lowest BCUT2D eigenvalue weighted by Gasteiger charge is -2.31. The summed E-state index contributed by atoms with van der Waals surface area (Å²) in [5.74, 6) is 1.09. The van der Waals surface area contributed by atoms with Crippen LogP contribution in [0.5, 0.6) is 5.75 Å². The van der Waals surface area contributed by atoms with Crippen molar-refractivity contribution in [1.82, 2.24) is 4.72 Å². The number of sulfonamides is 1. The molecule has 112 valence electrons. The zero-order valence-electron chi connectivity index (χ0n) is 11.7. The lowest BCUT2D eigenvalue weighted by molar-refractivity contribution is 0.0712. The quantitative estimate of drug-likeness (QED) is 0.835. The molecule has 0 radical (unpaired) electrons. The zero-order chi connectivity index (χ0) is 14.8. The molecule has 1 aliphatic rings. The van der Waals surface area contributed by atoms with Crippen molar-refractivity contribution in [3.63, 3.8) is 0 Å². The van der Waals surface area contributed by atoms with Gasteiger partial charge in [-0.25, -0.2) is 13.1 Å². The number of nitrogens with one attached hydrogen (secondary N) is 1. The molecule has 20 heavy (non-hydrogen) atoms. The van der Waals surface area contributed by atoms with Crippen molar-refractivity contribution in [3.05, 3.63) is 24.3 Å². The molecular weight excluding hydrogens is 278 g/mol. The lowest BCUT2D eigenvalue weighted by atomic mass is 9.91. The average Bonchev–Trinajstić information content (AvgIpc) is 2.35. The van der Waals surface area contributed by atoms with Crippen molar-refractivity contribution in [2.24, 2.45) is 5.92 Å². The van der Waals surface area contributed by atoms with Gasteiger partial charge in [-0.2, -0.15) is 0 Å². The molecule has 0 heterocycles. The summed E-state index contributed by atoms with van der Waals surface area (Å²) in [6.07, 6.45) is 0.582. The minimum atomic E-state index is -3.51. The average molecular weight is 299 g/mol. The predicted molar refractivity (Wildman–Crippen MR) is 76.1 cm³/mol. The van der Waals surface area contributed by atoms with Gasteiger partial charge in [-0.15, -0.1) is 0 Å². The summed E-state index contributed by atoms with van der Waals surface area (Å²) in [5.41, 5.74) is 0. The van der Waals surface area contributed by atoms with Crippen LogP contribution in [0.25, 0.3) is 0 Å². The fourth-order valence-corrected chi connectivity index (χ4v) is 3.21. The standard InChI is InChI=1S/C14H21NO4S/c1-10(2)9-19-13-3-5-14(6-4-13)20(17,18)15-11-7-12(16)8-11/h3-6,10-12,15-16H,7-9H2,1-2H3. The van der Waals surface area contributed by atoms with Crippen LogP contribution in [0.15, 0.2) is 29.2 Å². The summed E-state index contributed by atoms with van der Waals surface area (Å²) < 4.78 is 32.3. The van der Waals surface area contributed by atoms with E-state index in [1.807, 2.05) is 0 Å². The third-order valence-corrected chi connectivity index (χ3v) is 4.69. The first kappa shape index (κ1) is 15.3. The van der Waals surface area contributed by atoms with E-state index in [0.29, 0.717) is 31.1 Å². The first-order valence-corrected chi connectivity index (χ1v) is 8.28. The lowest BCUT2D eigenvalue weighted by Crippen LogP contribution is -2.46. The van der Waals surface area contributed by atoms with E-state index in [1.165, 1.54) is 12.1 Å². The Morgan fingerprint density at radius 2 is 1.90 bits per heavy atom. The highest BCUT2D eigenvalue weighted by Crippen LogP contribution is 2.23. The third kappa shape index (κ3) is 3.94. The van der Waals surface area contributed by atoms with Crippen molar-refractivity contribution < 1.29 is 18.3 Å². The first-order chi connectivity index (χ1) is 9.37. The van der Waals surface area contributed by atoms with E-state index in [9.17, 15) is 13.5 Å². The number of hydrogen-bond donors (Lipinski definition) is 2. The molecule has 5 nitrogen and oxygen atoms in total. The summed E-state index contributed by atoms with van der Waals surface area (Å²) >= 11 is 0. The molecule has 0 aliphatic heterocycles. The van der Waals surface area contributed by atoms with Crippen LogP contribution in [-0.4, -0.2) is 32.3 Å². The monoisotopic (exact) mass is 299 g/mol. The highest BCUT2D eigenvalue weighted by atomic mass is 32.2. The maximum Gasteiger partial charge on any atom is 0.240 e. The Kier molecular flexibility index (Phi) is 4.67. The summed E-state index contributed by atoms with van der Waals surface area (Å²) in [5, 5.41) is 9.17. The van der Waals surface area contributed by atoms with Gasteiger partial charge in [0.1, 0.15) is 5.75 Å². The van der Waals surface area contributed by atoms with Crippen LogP contribution >= 0.6 is 0 Å². The van der Waals surface area contributed by atoms with E-state index in [1.54, 1.807) is 12.1 Å². The van der Waals surface area contributed by atoms with Gasteiger partial charge in [0.05, 0.1) is 17.6 Å². The SMILES string of the molecule is CC(C)COc1ccc(S(=O)(=O)NC2CC(O)C2)cc1. The number of ether oxygens (including phenoxy) is 1. The maximum atomic E-state index is 12.1. The topological polar surface area (TPSA) is 75.6 Å². The van der Waals surface area contributed by atoms with Crippen molar-refractivity contribution in [2.45, 2.75) is 43.7 Å². The smallest absolute Gasteiger partial charge is 0.240 e. The van der Waals surface area contributed by atoms with Gasteiger partial charge < -0.3 is 9.84 Å². The predicted octanol–water partition coefficient (Wildman–Crippen LogP) is 1.52. The highest BCUT2D eigenvalue weighted by Gasteiger charge is 2.31. The molecule has 0 saturated heterocycles. The largest absolute Gasteiger partial charge is 0.493 e. The van der Waals surface area contributed by atoms with Gasteiger partial charge in [-0.1, -0.05) is 13.8 Å². The summed E-state index contributed by atoms with van der Waals surface area (Å²) in [6, 6.07) is 6.23. The molecule has 0 bridgehead atoms. The van der Waals surface area contributed by atoms with E-state index in [-0.39, 0.29) is 17.0 Å². The third-order valence-electron chi connectivity index (χ3n) is 3.15. The number of rotatable bonds is 6. The van der Waals surface area contributed by atoms with Crippen LogP contribution in [-0.2, 0) is 10.0 Å². The molecule has 0 spiro atoms. The van der Waals surface area contributed by atoms with Gasteiger partial charge in [-0.05, 0) is 43.0 Å². The van der Waals surface area contributed by atoms with Crippen LogP contribution in [0.1, 0.15) is 26.7 Å². The Balaban J connectivity index is 1.97. The van der Waals surface area contributed by atoms with Gasteiger partial charge in [-0.3, -0.25) is 0 Å². The number of hydrogen-bond acceptors (Lipinski definition) is 4. The van der Waals surface area contributed by atoms with E-state index >= 15 is 0 Å². The minimum Gasteiger partial charge on any atom is -0.493 e. The van der Waals surface area contributed by atoms with Crippen molar-refractivity contribution in [2.75, 3.05) is 6.61 Å². The number of aliphatic hydroxyl groups is 1. The summed E-state index contributed by atoms with van der Waals surface area (Å²) in [4.78, 5) is 0.218. The van der Waals surface area contributed by atoms with Crippen LogP contribution < -0.4 is 9.46 Å². The normalized spacial score (nSPS) is 22.6. The molecular formula is C14H21NO4S.